The Bertz CT molecular complexity index is 1330. The van der Waals surface area contributed by atoms with Gasteiger partial charge in [0.05, 0.1) is 12.4 Å². The second-order valence-electron chi connectivity index (χ2n) is 7.87. The predicted molar refractivity (Wildman–Crippen MR) is 139 cm³/mol. The van der Waals surface area contributed by atoms with Crippen LogP contribution in [0.1, 0.15) is 11.1 Å². The summed E-state index contributed by atoms with van der Waals surface area (Å²) in [7, 11) is 1.56. The summed E-state index contributed by atoms with van der Waals surface area (Å²) in [5.74, 6) is -0.140. The summed E-state index contributed by atoms with van der Waals surface area (Å²) in [6.45, 7) is 1.87. The molecule has 0 spiro atoms. The van der Waals surface area contributed by atoms with Crippen LogP contribution in [0.4, 0.5) is 11.4 Å². The number of carbonyl (C=O) groups is 2. The van der Waals surface area contributed by atoms with Gasteiger partial charge >= 0.3 is 0 Å². The molecule has 1 heterocycles. The van der Waals surface area contributed by atoms with Crippen LogP contribution in [0.3, 0.4) is 0 Å². The van der Waals surface area contributed by atoms with Crippen LogP contribution in [0.5, 0.6) is 5.75 Å². The molecule has 1 aliphatic heterocycles. The van der Waals surface area contributed by atoms with Crippen LogP contribution in [0, 0.1) is 18.3 Å². The summed E-state index contributed by atoms with van der Waals surface area (Å²) in [5, 5.41) is 13.2. The number of thioether (sulfide) groups is 1. The van der Waals surface area contributed by atoms with Gasteiger partial charge in [-0.1, -0.05) is 53.7 Å². The van der Waals surface area contributed by atoms with E-state index >= 15 is 0 Å². The first-order valence-corrected chi connectivity index (χ1v) is 12.1. The number of nitrogens with zero attached hydrogens (tertiary/aromatic N) is 2. The fraction of sp³-hybridized carbons (Fsp3) is 0.148. The monoisotopic (exact) mass is 503 g/mol. The van der Waals surface area contributed by atoms with E-state index in [-0.39, 0.29) is 11.5 Å². The second-order valence-corrected chi connectivity index (χ2v) is 9.50. The lowest BCUT2D eigenvalue weighted by atomic mass is 10.1. The first-order chi connectivity index (χ1) is 16.9. The first-order valence-electron chi connectivity index (χ1n) is 10.8. The van der Waals surface area contributed by atoms with E-state index in [1.807, 2.05) is 37.3 Å². The molecule has 0 bridgehead atoms. The van der Waals surface area contributed by atoms with Gasteiger partial charge in [-0.15, -0.1) is 0 Å². The zero-order chi connectivity index (χ0) is 24.9. The van der Waals surface area contributed by atoms with E-state index in [0.29, 0.717) is 33.6 Å². The zero-order valence-electron chi connectivity index (χ0n) is 19.1. The van der Waals surface area contributed by atoms with Gasteiger partial charge in [-0.05, 0) is 66.9 Å². The number of methoxy groups -OCH3 is 1. The first kappa shape index (κ1) is 24.4. The van der Waals surface area contributed by atoms with Gasteiger partial charge in [0.2, 0.25) is 5.91 Å². The van der Waals surface area contributed by atoms with Crippen LogP contribution in [-0.4, -0.2) is 24.2 Å². The molecule has 3 aromatic rings. The van der Waals surface area contributed by atoms with Crippen LogP contribution in [-0.2, 0) is 16.0 Å². The van der Waals surface area contributed by atoms with Gasteiger partial charge in [0.15, 0.2) is 0 Å². The lowest BCUT2D eigenvalue weighted by Gasteiger charge is -2.19. The topological polar surface area (TPSA) is 82.4 Å². The SMILES string of the molecule is COc1ccc(N2C(=O)C(Cc3ccc(Cl)cc3)S/C2=C(/C#N)C(=O)Nc2ccccc2C)cc1. The van der Waals surface area contributed by atoms with Crippen molar-refractivity contribution in [2.45, 2.75) is 18.6 Å². The van der Waals surface area contributed by atoms with Crippen molar-refractivity contribution in [3.05, 3.63) is 99.5 Å². The molecule has 1 atom stereocenters. The molecular formula is C27H22ClN3O3S. The van der Waals surface area contributed by atoms with Gasteiger partial charge in [0.1, 0.15) is 22.4 Å². The van der Waals surface area contributed by atoms with Gasteiger partial charge < -0.3 is 10.1 Å². The smallest absolute Gasteiger partial charge is 0.269 e. The molecule has 0 aromatic heterocycles. The summed E-state index contributed by atoms with van der Waals surface area (Å²) < 4.78 is 5.23. The Morgan fingerprint density at radius 2 is 1.80 bits per heavy atom. The summed E-state index contributed by atoms with van der Waals surface area (Å²) in [4.78, 5) is 28.2. The maximum Gasteiger partial charge on any atom is 0.269 e. The number of para-hydroxylation sites is 1. The number of nitriles is 1. The lowest BCUT2D eigenvalue weighted by molar-refractivity contribution is -0.117. The van der Waals surface area contributed by atoms with E-state index in [9.17, 15) is 14.9 Å². The van der Waals surface area contributed by atoms with Crippen molar-refractivity contribution in [1.82, 2.24) is 0 Å². The highest BCUT2D eigenvalue weighted by molar-refractivity contribution is 8.05. The van der Waals surface area contributed by atoms with Crippen molar-refractivity contribution in [3.63, 3.8) is 0 Å². The average Bonchev–Trinajstić information content (AvgIpc) is 3.17. The second kappa shape index (κ2) is 10.7. The van der Waals surface area contributed by atoms with Gasteiger partial charge in [-0.3, -0.25) is 14.5 Å². The largest absolute Gasteiger partial charge is 0.497 e. The molecule has 8 heteroatoms. The van der Waals surface area contributed by atoms with E-state index in [1.165, 1.54) is 16.7 Å². The van der Waals surface area contributed by atoms with Crippen LogP contribution in [0.15, 0.2) is 83.4 Å². The van der Waals surface area contributed by atoms with E-state index in [0.717, 1.165) is 11.1 Å². The molecule has 2 amide bonds. The molecule has 0 aliphatic carbocycles. The van der Waals surface area contributed by atoms with Crippen LogP contribution < -0.4 is 15.0 Å². The molecule has 1 N–H and O–H groups in total. The van der Waals surface area contributed by atoms with Gasteiger partial charge in [-0.2, -0.15) is 5.26 Å². The maximum absolute atomic E-state index is 13.6. The molecule has 1 saturated heterocycles. The Hall–Kier alpha value is -3.73. The Labute approximate surface area is 213 Å². The van der Waals surface area contributed by atoms with Crippen LogP contribution >= 0.6 is 23.4 Å². The van der Waals surface area contributed by atoms with Crippen molar-refractivity contribution < 1.29 is 14.3 Å². The highest BCUT2D eigenvalue weighted by atomic mass is 35.5. The molecule has 1 fully saturated rings. The van der Waals surface area contributed by atoms with Crippen molar-refractivity contribution in [2.24, 2.45) is 0 Å². The van der Waals surface area contributed by atoms with E-state index in [2.05, 4.69) is 5.32 Å². The number of nitrogens with one attached hydrogen (secondary N) is 1. The molecule has 176 valence electrons. The third kappa shape index (κ3) is 5.35. The molecule has 1 aliphatic rings. The normalized spacial score (nSPS) is 16.6. The number of hydrogen-bond donors (Lipinski definition) is 1. The molecular weight excluding hydrogens is 482 g/mol. The summed E-state index contributed by atoms with van der Waals surface area (Å²) in [5.41, 5.74) is 2.83. The summed E-state index contributed by atoms with van der Waals surface area (Å²) in [6.07, 6.45) is 0.426. The fourth-order valence-corrected chi connectivity index (χ4v) is 5.12. The van der Waals surface area contributed by atoms with E-state index in [4.69, 9.17) is 16.3 Å². The van der Waals surface area contributed by atoms with Crippen molar-refractivity contribution in [1.29, 1.82) is 5.26 Å². The minimum Gasteiger partial charge on any atom is -0.497 e. The van der Waals surface area contributed by atoms with Crippen LogP contribution in [0.25, 0.3) is 0 Å². The zero-order valence-corrected chi connectivity index (χ0v) is 20.7. The van der Waals surface area contributed by atoms with Crippen molar-refractivity contribution >= 4 is 46.6 Å². The maximum atomic E-state index is 13.6. The van der Waals surface area contributed by atoms with Gasteiger partial charge in [-0.25, -0.2) is 0 Å². The molecule has 0 saturated carbocycles. The molecule has 4 rings (SSSR count). The van der Waals surface area contributed by atoms with E-state index in [1.54, 1.807) is 55.6 Å². The number of benzene rings is 3. The number of anilines is 2. The lowest BCUT2D eigenvalue weighted by Crippen LogP contribution is -2.30. The molecule has 0 radical (unpaired) electrons. The average molecular weight is 504 g/mol. The van der Waals surface area contributed by atoms with Crippen molar-refractivity contribution in [2.75, 3.05) is 17.3 Å². The Morgan fingerprint density at radius 1 is 1.11 bits per heavy atom. The van der Waals surface area contributed by atoms with Gasteiger partial charge in [0, 0.05) is 16.4 Å². The molecule has 35 heavy (non-hydrogen) atoms. The molecule has 1 unspecified atom stereocenters. The number of halogens is 1. The van der Waals surface area contributed by atoms with E-state index < -0.39 is 11.2 Å². The predicted octanol–water partition coefficient (Wildman–Crippen LogP) is 5.72. The third-order valence-corrected chi connectivity index (χ3v) is 7.08. The molecule has 6 nitrogen and oxygen atoms in total. The minimum absolute atomic E-state index is 0.124. The Balaban J connectivity index is 1.73. The summed E-state index contributed by atoms with van der Waals surface area (Å²) >= 11 is 7.22. The Morgan fingerprint density at radius 3 is 2.43 bits per heavy atom. The number of carbonyl (C=O) groups excluding carboxylic acids is 2. The number of rotatable bonds is 6. The number of hydrogen-bond acceptors (Lipinski definition) is 5. The number of amides is 2. The number of aryl methyl sites for hydroxylation is 1. The van der Waals surface area contributed by atoms with Crippen LogP contribution in [0.2, 0.25) is 5.02 Å². The van der Waals surface area contributed by atoms with Gasteiger partial charge in [0.25, 0.3) is 5.91 Å². The summed E-state index contributed by atoms with van der Waals surface area (Å²) in [6, 6.07) is 23.6. The Kier molecular flexibility index (Phi) is 7.45. The quantitative estimate of drug-likeness (QED) is 0.343. The number of ether oxygens (including phenoxy) is 1. The molecule has 3 aromatic carbocycles. The standard InChI is InChI=1S/C27H22ClN3O3S/c1-17-5-3-4-6-23(17)30-25(32)22(16-29)27-31(20-11-13-21(34-2)14-12-20)26(33)24(35-27)15-18-7-9-19(28)10-8-18/h3-14,24H,15H2,1-2H3,(H,30,32)/b27-22-. The minimum atomic E-state index is -0.567. The fourth-order valence-electron chi connectivity index (χ4n) is 3.69. The third-order valence-electron chi connectivity index (χ3n) is 5.56. The van der Waals surface area contributed by atoms with Crippen molar-refractivity contribution in [3.8, 4) is 11.8 Å². The highest BCUT2D eigenvalue weighted by Gasteiger charge is 2.40. The highest BCUT2D eigenvalue weighted by Crippen LogP contribution is 2.42.